The van der Waals surface area contributed by atoms with Gasteiger partial charge in [0.15, 0.2) is 0 Å². The third-order valence-corrected chi connectivity index (χ3v) is 8.27. The second-order valence-corrected chi connectivity index (χ2v) is 12.2. The molecule has 7 rings (SSSR count). The van der Waals surface area contributed by atoms with Crippen LogP contribution >= 0.6 is 0 Å². The third kappa shape index (κ3) is 5.98. The summed E-state index contributed by atoms with van der Waals surface area (Å²) in [4.78, 5) is 4.67. The standard InChI is InChI=1S/C40H36N4O2.Pd/c1-25(2)39-38(28-12-8-7-9-13-28)40(26(3)4)44(42-39)29-20-27(5)21-32(22-29)46-31-16-17-34-33-14-10-11-15-35(33)43(36(34)23-31)37-24-30(45-6)18-19-41-37;/h7-21,24-26H,1-6H3;/q-2;+2. The van der Waals surface area contributed by atoms with Gasteiger partial charge >= 0.3 is 20.4 Å². The van der Waals surface area contributed by atoms with Gasteiger partial charge in [0, 0.05) is 34.8 Å². The summed E-state index contributed by atoms with van der Waals surface area (Å²) < 4.78 is 16.2. The summed E-state index contributed by atoms with van der Waals surface area (Å²) >= 11 is 0. The Morgan fingerprint density at radius 1 is 0.766 bits per heavy atom. The van der Waals surface area contributed by atoms with Gasteiger partial charge < -0.3 is 14.0 Å². The molecule has 0 bridgehead atoms. The molecule has 0 saturated heterocycles. The van der Waals surface area contributed by atoms with E-state index < -0.39 is 0 Å². The van der Waals surface area contributed by atoms with Crippen LogP contribution < -0.4 is 9.47 Å². The number of aryl methyl sites for hydroxylation is 1. The third-order valence-electron chi connectivity index (χ3n) is 8.27. The Morgan fingerprint density at radius 3 is 2.28 bits per heavy atom. The van der Waals surface area contributed by atoms with Crippen molar-refractivity contribution >= 4 is 21.8 Å². The van der Waals surface area contributed by atoms with E-state index >= 15 is 0 Å². The Labute approximate surface area is 289 Å². The molecule has 0 unspecified atom stereocenters. The zero-order chi connectivity index (χ0) is 31.9. The largest absolute Gasteiger partial charge is 2.00 e. The first-order valence-corrected chi connectivity index (χ1v) is 15.7. The van der Waals surface area contributed by atoms with Crippen molar-refractivity contribution in [2.75, 3.05) is 7.11 Å². The van der Waals surface area contributed by atoms with Gasteiger partial charge in [-0.2, -0.15) is 16.7 Å². The van der Waals surface area contributed by atoms with Gasteiger partial charge in [-0.1, -0.05) is 88.7 Å². The molecule has 238 valence electrons. The molecule has 0 fully saturated rings. The van der Waals surface area contributed by atoms with Gasteiger partial charge in [-0.3, -0.25) is 4.68 Å². The predicted octanol–water partition coefficient (Wildman–Crippen LogP) is 9.99. The van der Waals surface area contributed by atoms with Gasteiger partial charge in [0.25, 0.3) is 0 Å². The fourth-order valence-electron chi connectivity index (χ4n) is 6.24. The Morgan fingerprint density at radius 2 is 1.53 bits per heavy atom. The fraction of sp³-hybridized carbons (Fsp3) is 0.200. The number of para-hydroxylation sites is 1. The summed E-state index contributed by atoms with van der Waals surface area (Å²) in [5.41, 5.74) is 8.41. The minimum Gasteiger partial charge on any atom is -0.509 e. The first-order chi connectivity index (χ1) is 22.3. The van der Waals surface area contributed by atoms with Crippen molar-refractivity contribution < 1.29 is 29.9 Å². The molecular weight excluding hydrogens is 675 g/mol. The molecular formula is C40H36N4O2Pd. The van der Waals surface area contributed by atoms with E-state index in [-0.39, 0.29) is 32.3 Å². The zero-order valence-corrected chi connectivity index (χ0v) is 28.9. The Bertz CT molecular complexity index is 2200. The second kappa shape index (κ2) is 13.2. The van der Waals surface area contributed by atoms with Gasteiger partial charge in [-0.05, 0) is 40.6 Å². The smallest absolute Gasteiger partial charge is 0.509 e. The van der Waals surface area contributed by atoms with Crippen LogP contribution in [0.1, 0.15) is 56.5 Å². The van der Waals surface area contributed by atoms with Gasteiger partial charge in [-0.15, -0.1) is 35.7 Å². The quantitative estimate of drug-likeness (QED) is 0.116. The molecule has 3 heterocycles. The molecule has 6 nitrogen and oxygen atoms in total. The van der Waals surface area contributed by atoms with Crippen LogP contribution in [0.15, 0.2) is 97.2 Å². The summed E-state index contributed by atoms with van der Waals surface area (Å²) in [6, 6.07) is 37.9. The normalized spacial score (nSPS) is 11.4. The predicted molar refractivity (Wildman–Crippen MR) is 185 cm³/mol. The van der Waals surface area contributed by atoms with E-state index in [1.807, 2.05) is 36.4 Å². The summed E-state index contributed by atoms with van der Waals surface area (Å²) in [5, 5.41) is 7.37. The van der Waals surface area contributed by atoms with E-state index in [4.69, 9.17) is 14.6 Å². The first kappa shape index (κ1) is 32.3. The van der Waals surface area contributed by atoms with Crippen LogP contribution in [-0.4, -0.2) is 26.4 Å². The van der Waals surface area contributed by atoms with Crippen molar-refractivity contribution in [3.63, 3.8) is 0 Å². The minimum atomic E-state index is 0. The number of nitrogens with zero attached hydrogens (tertiary/aromatic N) is 4. The van der Waals surface area contributed by atoms with Crippen LogP contribution in [0.4, 0.5) is 0 Å². The number of pyridine rings is 1. The molecule has 0 N–H and O–H groups in total. The average Bonchev–Trinajstić information content (AvgIpc) is 3.62. The van der Waals surface area contributed by atoms with E-state index in [0.29, 0.717) is 11.5 Å². The van der Waals surface area contributed by atoms with E-state index in [9.17, 15) is 0 Å². The zero-order valence-electron chi connectivity index (χ0n) is 27.3. The summed E-state index contributed by atoms with van der Waals surface area (Å²) in [6.07, 6.45) is 1.76. The Kier molecular flexibility index (Phi) is 9.05. The molecule has 3 aromatic heterocycles. The van der Waals surface area contributed by atoms with Gasteiger partial charge in [0.2, 0.25) is 0 Å². The van der Waals surface area contributed by atoms with Crippen molar-refractivity contribution in [2.24, 2.45) is 0 Å². The molecule has 0 atom stereocenters. The molecule has 7 aromatic rings. The van der Waals surface area contributed by atoms with Crippen molar-refractivity contribution in [3.05, 3.63) is 126 Å². The summed E-state index contributed by atoms with van der Waals surface area (Å²) in [5.74, 6) is 3.16. The van der Waals surface area contributed by atoms with Crippen molar-refractivity contribution in [1.82, 2.24) is 19.3 Å². The molecule has 0 radical (unpaired) electrons. The number of ether oxygens (including phenoxy) is 2. The van der Waals surface area contributed by atoms with Crippen LogP contribution in [0.2, 0.25) is 0 Å². The van der Waals surface area contributed by atoms with Crippen molar-refractivity contribution in [3.8, 4) is 39.9 Å². The van der Waals surface area contributed by atoms with E-state index in [0.717, 1.165) is 56.0 Å². The monoisotopic (exact) mass is 710 g/mol. The van der Waals surface area contributed by atoms with Crippen LogP contribution in [-0.2, 0) is 20.4 Å². The number of methoxy groups -OCH3 is 1. The van der Waals surface area contributed by atoms with Crippen LogP contribution in [0, 0.1) is 19.1 Å². The second-order valence-electron chi connectivity index (χ2n) is 12.2. The molecule has 7 heteroatoms. The molecule has 0 aliphatic rings. The van der Waals surface area contributed by atoms with Crippen LogP contribution in [0.25, 0.3) is 44.4 Å². The topological polar surface area (TPSA) is 54.1 Å². The van der Waals surface area contributed by atoms with E-state index in [1.54, 1.807) is 13.3 Å². The number of benzene rings is 4. The molecule has 0 spiro atoms. The number of hydrogen-bond donors (Lipinski definition) is 0. The van der Waals surface area contributed by atoms with Gasteiger partial charge in [-0.25, -0.2) is 4.98 Å². The maximum atomic E-state index is 6.52. The number of fused-ring (bicyclic) bond motifs is 3. The van der Waals surface area contributed by atoms with E-state index in [1.165, 1.54) is 11.1 Å². The van der Waals surface area contributed by atoms with Gasteiger partial charge in [0.1, 0.15) is 11.6 Å². The summed E-state index contributed by atoms with van der Waals surface area (Å²) in [7, 11) is 1.66. The number of rotatable bonds is 8. The van der Waals surface area contributed by atoms with Gasteiger partial charge in [0.05, 0.1) is 18.5 Å². The maximum absolute atomic E-state index is 6.52. The first-order valence-electron chi connectivity index (χ1n) is 15.7. The number of hydrogen-bond acceptors (Lipinski definition) is 4. The Balaban J connectivity index is 0.00000386. The maximum Gasteiger partial charge on any atom is 2.00 e. The minimum absolute atomic E-state index is 0. The SMILES string of the molecule is COc1ccnc(-n2c3[c-]c(Oc4[c-]c(-n5nc(C(C)C)c(-c6ccccc6)c5C(C)C)cc(C)c4)ccc3c3ccccc32)c1.[Pd+2]. The molecule has 0 aliphatic heterocycles. The average molecular weight is 711 g/mol. The number of aromatic nitrogens is 4. The van der Waals surface area contributed by atoms with Crippen molar-refractivity contribution in [2.45, 2.75) is 46.5 Å². The molecule has 0 amide bonds. The molecule has 4 aromatic carbocycles. The summed E-state index contributed by atoms with van der Waals surface area (Å²) in [6.45, 7) is 10.9. The fourth-order valence-corrected chi connectivity index (χ4v) is 6.24. The molecule has 0 saturated carbocycles. The van der Waals surface area contributed by atoms with Crippen LogP contribution in [0.5, 0.6) is 17.2 Å². The van der Waals surface area contributed by atoms with Crippen LogP contribution in [0.3, 0.4) is 0 Å². The molecule has 0 aliphatic carbocycles. The Hall–Kier alpha value is -4.70. The molecule has 47 heavy (non-hydrogen) atoms. The van der Waals surface area contributed by atoms with Crippen molar-refractivity contribution in [1.29, 1.82) is 0 Å². The van der Waals surface area contributed by atoms with E-state index in [2.05, 4.69) is 116 Å².